The van der Waals surface area contributed by atoms with Crippen LogP contribution < -0.4 is 0 Å². The number of rotatable bonds is 8. The van der Waals surface area contributed by atoms with Crippen LogP contribution in [0.15, 0.2) is 10.9 Å². The maximum atomic E-state index is 5.25. The molecule has 21 heavy (non-hydrogen) atoms. The lowest BCUT2D eigenvalue weighted by molar-refractivity contribution is 0.287. The zero-order valence-electron chi connectivity index (χ0n) is 13.3. The average Bonchev–Trinajstić information content (AvgIpc) is 3.00. The molecular formula is C14H24N6O. The van der Waals surface area contributed by atoms with Crippen molar-refractivity contribution >= 4 is 0 Å². The van der Waals surface area contributed by atoms with Crippen molar-refractivity contribution in [2.24, 2.45) is 5.92 Å². The lowest BCUT2D eigenvalue weighted by Gasteiger charge is -2.14. The van der Waals surface area contributed by atoms with E-state index >= 15 is 0 Å². The molecule has 7 nitrogen and oxygen atoms in total. The molecule has 2 aromatic heterocycles. The Morgan fingerprint density at radius 2 is 2.14 bits per heavy atom. The summed E-state index contributed by atoms with van der Waals surface area (Å²) in [5.41, 5.74) is 0. The first kappa shape index (κ1) is 15.6. The molecule has 7 heteroatoms. The normalized spacial score (nSPS) is 11.7. The molecule has 0 bridgehead atoms. The van der Waals surface area contributed by atoms with Crippen molar-refractivity contribution in [3.8, 4) is 0 Å². The van der Waals surface area contributed by atoms with Crippen molar-refractivity contribution < 1.29 is 4.52 Å². The molecular weight excluding hydrogens is 268 g/mol. The van der Waals surface area contributed by atoms with Crippen LogP contribution in [-0.4, -0.2) is 36.9 Å². The monoisotopic (exact) mass is 292 g/mol. The summed E-state index contributed by atoms with van der Waals surface area (Å²) in [4.78, 5) is 6.53. The fraction of sp³-hybridized carbons (Fsp3) is 0.714. The minimum Gasteiger partial charge on any atom is -0.339 e. The Kier molecular flexibility index (Phi) is 5.44. The molecule has 0 aliphatic carbocycles. The predicted octanol–water partition coefficient (Wildman–Crippen LogP) is 1.90. The molecule has 0 aromatic carbocycles. The predicted molar refractivity (Wildman–Crippen MR) is 78.3 cm³/mol. The minimum atomic E-state index is 0.517. The highest BCUT2D eigenvalue weighted by Gasteiger charge is 2.12. The smallest absolute Gasteiger partial charge is 0.226 e. The average molecular weight is 292 g/mol. The fourth-order valence-corrected chi connectivity index (χ4v) is 2.15. The van der Waals surface area contributed by atoms with Crippen molar-refractivity contribution in [2.75, 3.05) is 7.05 Å². The lowest BCUT2D eigenvalue weighted by Crippen LogP contribution is -2.21. The first-order valence-electron chi connectivity index (χ1n) is 7.45. The standard InChI is InChI=1S/C14H24N6O/c1-5-6-20-10-15-17-13(20)9-19(4)8-12-16-14(21-18-12)7-11(2)3/h10-11H,5-9H2,1-4H3. The molecule has 2 rings (SSSR count). The Bertz CT molecular complexity index is 547. The van der Waals surface area contributed by atoms with Gasteiger partial charge in [0.15, 0.2) is 5.82 Å². The lowest BCUT2D eigenvalue weighted by atomic mass is 10.1. The first-order valence-corrected chi connectivity index (χ1v) is 7.45. The molecule has 2 aromatic rings. The summed E-state index contributed by atoms with van der Waals surface area (Å²) in [6.45, 7) is 8.71. The van der Waals surface area contributed by atoms with E-state index in [1.807, 2.05) is 7.05 Å². The fourth-order valence-electron chi connectivity index (χ4n) is 2.15. The van der Waals surface area contributed by atoms with Crippen LogP contribution in [-0.2, 0) is 26.1 Å². The number of aromatic nitrogens is 5. The largest absolute Gasteiger partial charge is 0.339 e. The number of aryl methyl sites for hydroxylation is 1. The molecule has 0 amide bonds. The third-order valence-corrected chi connectivity index (χ3v) is 3.08. The molecule has 0 unspecified atom stereocenters. The Balaban J connectivity index is 1.90. The number of hydrogen-bond donors (Lipinski definition) is 0. The maximum Gasteiger partial charge on any atom is 0.226 e. The topological polar surface area (TPSA) is 72.9 Å². The van der Waals surface area contributed by atoms with E-state index in [2.05, 4.69) is 50.6 Å². The van der Waals surface area contributed by atoms with Crippen LogP contribution in [0.4, 0.5) is 0 Å². The molecule has 2 heterocycles. The second kappa shape index (κ2) is 7.31. The van der Waals surface area contributed by atoms with Gasteiger partial charge in [0, 0.05) is 13.0 Å². The zero-order chi connectivity index (χ0) is 15.2. The highest BCUT2D eigenvalue weighted by Crippen LogP contribution is 2.08. The first-order chi connectivity index (χ1) is 10.1. The maximum absolute atomic E-state index is 5.25. The van der Waals surface area contributed by atoms with Gasteiger partial charge in [-0.15, -0.1) is 10.2 Å². The third kappa shape index (κ3) is 4.63. The van der Waals surface area contributed by atoms with E-state index in [1.54, 1.807) is 6.33 Å². The summed E-state index contributed by atoms with van der Waals surface area (Å²) >= 11 is 0. The van der Waals surface area contributed by atoms with E-state index in [9.17, 15) is 0 Å². The summed E-state index contributed by atoms with van der Waals surface area (Å²) in [5.74, 6) is 2.91. The van der Waals surface area contributed by atoms with Gasteiger partial charge in [-0.05, 0) is 19.4 Å². The van der Waals surface area contributed by atoms with Gasteiger partial charge in [-0.2, -0.15) is 4.98 Å². The van der Waals surface area contributed by atoms with Crippen molar-refractivity contribution in [3.63, 3.8) is 0 Å². The second-order valence-corrected chi connectivity index (χ2v) is 5.82. The summed E-state index contributed by atoms with van der Waals surface area (Å²) < 4.78 is 7.33. The van der Waals surface area contributed by atoms with Crippen molar-refractivity contribution in [2.45, 2.75) is 53.2 Å². The van der Waals surface area contributed by atoms with E-state index in [4.69, 9.17) is 4.52 Å². The van der Waals surface area contributed by atoms with Crippen molar-refractivity contribution in [3.05, 3.63) is 23.9 Å². The van der Waals surface area contributed by atoms with Gasteiger partial charge in [0.05, 0.1) is 13.1 Å². The highest BCUT2D eigenvalue weighted by atomic mass is 16.5. The van der Waals surface area contributed by atoms with E-state index in [1.165, 1.54) is 0 Å². The molecule has 0 saturated heterocycles. The van der Waals surface area contributed by atoms with Crippen LogP contribution in [0.1, 0.15) is 44.7 Å². The van der Waals surface area contributed by atoms with E-state index in [0.29, 0.717) is 24.9 Å². The Labute approximate surface area is 125 Å². The summed E-state index contributed by atoms with van der Waals surface area (Å²) in [6, 6.07) is 0. The van der Waals surface area contributed by atoms with E-state index in [-0.39, 0.29) is 0 Å². The molecule has 0 atom stereocenters. The van der Waals surface area contributed by atoms with Crippen LogP contribution in [0.5, 0.6) is 0 Å². The number of nitrogens with zero attached hydrogens (tertiary/aromatic N) is 6. The van der Waals surface area contributed by atoms with Crippen molar-refractivity contribution in [1.82, 2.24) is 29.8 Å². The van der Waals surface area contributed by atoms with E-state index < -0.39 is 0 Å². The van der Waals surface area contributed by atoms with Gasteiger partial charge in [-0.25, -0.2) is 0 Å². The Morgan fingerprint density at radius 3 is 2.86 bits per heavy atom. The molecule has 0 aliphatic heterocycles. The molecule has 116 valence electrons. The van der Waals surface area contributed by atoms with Gasteiger partial charge in [-0.3, -0.25) is 4.90 Å². The van der Waals surface area contributed by atoms with Gasteiger partial charge in [0.2, 0.25) is 5.89 Å². The highest BCUT2D eigenvalue weighted by molar-refractivity contribution is 4.90. The van der Waals surface area contributed by atoms with Gasteiger partial charge < -0.3 is 9.09 Å². The van der Waals surface area contributed by atoms with Crippen molar-refractivity contribution in [1.29, 1.82) is 0 Å². The molecule has 0 radical (unpaired) electrons. The minimum absolute atomic E-state index is 0.517. The molecule has 0 saturated carbocycles. The van der Waals surface area contributed by atoms with Crippen LogP contribution in [0, 0.1) is 5.92 Å². The van der Waals surface area contributed by atoms with Crippen LogP contribution >= 0.6 is 0 Å². The molecule has 0 fully saturated rings. The van der Waals surface area contributed by atoms with Crippen LogP contribution in [0.3, 0.4) is 0 Å². The summed E-state index contributed by atoms with van der Waals surface area (Å²) in [5, 5.41) is 12.2. The third-order valence-electron chi connectivity index (χ3n) is 3.08. The quantitative estimate of drug-likeness (QED) is 0.740. The van der Waals surface area contributed by atoms with Crippen LogP contribution in [0.25, 0.3) is 0 Å². The van der Waals surface area contributed by atoms with Gasteiger partial charge >= 0.3 is 0 Å². The molecule has 0 aliphatic rings. The van der Waals surface area contributed by atoms with Gasteiger partial charge in [0.1, 0.15) is 12.2 Å². The Hall–Kier alpha value is -1.76. The zero-order valence-corrected chi connectivity index (χ0v) is 13.3. The van der Waals surface area contributed by atoms with Gasteiger partial charge in [-0.1, -0.05) is 25.9 Å². The van der Waals surface area contributed by atoms with Crippen LogP contribution in [0.2, 0.25) is 0 Å². The Morgan fingerprint density at radius 1 is 1.33 bits per heavy atom. The second-order valence-electron chi connectivity index (χ2n) is 5.82. The summed E-state index contributed by atoms with van der Waals surface area (Å²) in [6.07, 6.45) is 3.67. The molecule has 0 spiro atoms. The van der Waals surface area contributed by atoms with E-state index in [0.717, 1.165) is 31.0 Å². The SMILES string of the molecule is CCCn1cnnc1CN(C)Cc1noc(CC(C)C)n1. The summed E-state index contributed by atoms with van der Waals surface area (Å²) in [7, 11) is 2.02. The molecule has 0 N–H and O–H groups in total. The number of hydrogen-bond acceptors (Lipinski definition) is 6. The van der Waals surface area contributed by atoms with Gasteiger partial charge in [0.25, 0.3) is 0 Å².